The molecule has 1 N–H and O–H groups in total. The Kier molecular flexibility index (Phi) is 6.93. The number of rotatable bonds is 6. The van der Waals surface area contributed by atoms with Gasteiger partial charge in [-0.05, 0) is 45.1 Å². The lowest BCUT2D eigenvalue weighted by molar-refractivity contribution is -0.111. The van der Waals surface area contributed by atoms with Crippen LogP contribution in [0.5, 0.6) is 5.75 Å². The second-order valence-corrected chi connectivity index (χ2v) is 10.8. The Morgan fingerprint density at radius 2 is 1.22 bits per heavy atom. The summed E-state index contributed by atoms with van der Waals surface area (Å²) in [5.74, 6) is 0.0490. The van der Waals surface area contributed by atoms with Gasteiger partial charge in [0.05, 0.1) is 0 Å². The molecule has 0 aromatic heterocycles. The first-order chi connectivity index (χ1) is 15.0. The van der Waals surface area contributed by atoms with Crippen molar-refractivity contribution in [3.63, 3.8) is 0 Å². The largest absolute Gasteiger partial charge is 0.507 e. The minimum Gasteiger partial charge on any atom is -0.507 e. The van der Waals surface area contributed by atoms with E-state index in [2.05, 4.69) is 77.9 Å². The summed E-state index contributed by atoms with van der Waals surface area (Å²) < 4.78 is 0. The Bertz CT molecular complexity index is 1000. The van der Waals surface area contributed by atoms with Crippen LogP contribution in [-0.2, 0) is 22.0 Å². The summed E-state index contributed by atoms with van der Waals surface area (Å²) in [6, 6.07) is 24.7. The fourth-order valence-electron chi connectivity index (χ4n) is 4.46. The van der Waals surface area contributed by atoms with E-state index in [9.17, 15) is 9.90 Å². The second-order valence-electron chi connectivity index (χ2n) is 10.8. The maximum atomic E-state index is 12.5. The molecule has 3 aromatic carbocycles. The Hall–Kier alpha value is -2.87. The standard InChI is InChI=1S/C30H36O2/c1-29(2,3)25-18-23(19-26(28(25)32)30(4,5)6)27(22-15-11-8-12-16-22)24(20-31)17-21-13-9-7-10-14-21/h7-16,18-20,24,27,32H,17H2,1-6H3/t24-,27-/m0/s1. The van der Waals surface area contributed by atoms with Crippen LogP contribution in [0.4, 0.5) is 0 Å². The van der Waals surface area contributed by atoms with Crippen LogP contribution in [0.3, 0.4) is 0 Å². The summed E-state index contributed by atoms with van der Waals surface area (Å²) in [4.78, 5) is 12.5. The molecule has 3 aromatic rings. The molecule has 0 unspecified atom stereocenters. The van der Waals surface area contributed by atoms with Gasteiger partial charge in [-0.15, -0.1) is 0 Å². The maximum Gasteiger partial charge on any atom is 0.124 e. The van der Waals surface area contributed by atoms with Crippen molar-refractivity contribution in [1.82, 2.24) is 0 Å². The predicted octanol–water partition coefficient (Wildman–Crippen LogP) is 7.18. The van der Waals surface area contributed by atoms with Crippen LogP contribution in [0.25, 0.3) is 0 Å². The zero-order valence-electron chi connectivity index (χ0n) is 20.2. The SMILES string of the molecule is CC(C)(C)c1cc([C@H](c2ccccc2)[C@H](C=O)Cc2ccccc2)cc(C(C)(C)C)c1O. The molecule has 3 rings (SSSR count). The van der Waals surface area contributed by atoms with Crippen LogP contribution in [0.1, 0.15) is 75.3 Å². The summed E-state index contributed by atoms with van der Waals surface area (Å²) in [5.41, 5.74) is 4.74. The van der Waals surface area contributed by atoms with Crippen molar-refractivity contribution in [2.45, 2.75) is 64.7 Å². The first-order valence-corrected chi connectivity index (χ1v) is 11.4. The Morgan fingerprint density at radius 1 is 0.750 bits per heavy atom. The van der Waals surface area contributed by atoms with E-state index in [4.69, 9.17) is 0 Å². The van der Waals surface area contributed by atoms with E-state index >= 15 is 0 Å². The van der Waals surface area contributed by atoms with Gasteiger partial charge in [-0.2, -0.15) is 0 Å². The van der Waals surface area contributed by atoms with Gasteiger partial charge in [0.2, 0.25) is 0 Å². The van der Waals surface area contributed by atoms with Crippen LogP contribution in [-0.4, -0.2) is 11.4 Å². The molecule has 2 heteroatoms. The molecule has 0 amide bonds. The smallest absolute Gasteiger partial charge is 0.124 e. The molecular weight excluding hydrogens is 392 g/mol. The molecule has 0 aliphatic heterocycles. The third kappa shape index (κ3) is 5.30. The highest BCUT2D eigenvalue weighted by atomic mass is 16.3. The average Bonchev–Trinajstić information content (AvgIpc) is 2.74. The molecule has 2 nitrogen and oxygen atoms in total. The van der Waals surface area contributed by atoms with Gasteiger partial charge < -0.3 is 9.90 Å². The molecule has 0 aliphatic rings. The summed E-state index contributed by atoms with van der Waals surface area (Å²) >= 11 is 0. The molecule has 32 heavy (non-hydrogen) atoms. The van der Waals surface area contributed by atoms with E-state index in [1.165, 1.54) is 0 Å². The van der Waals surface area contributed by atoms with Crippen molar-refractivity contribution in [2.75, 3.05) is 0 Å². The van der Waals surface area contributed by atoms with Gasteiger partial charge in [-0.3, -0.25) is 0 Å². The second kappa shape index (κ2) is 9.32. The number of benzene rings is 3. The number of aldehydes is 1. The van der Waals surface area contributed by atoms with Gasteiger partial charge in [0, 0.05) is 11.8 Å². The number of aromatic hydroxyl groups is 1. The fourth-order valence-corrected chi connectivity index (χ4v) is 4.46. The lowest BCUT2D eigenvalue weighted by Crippen LogP contribution is -2.22. The Morgan fingerprint density at radius 3 is 1.66 bits per heavy atom. The van der Waals surface area contributed by atoms with E-state index in [0.717, 1.165) is 34.1 Å². The van der Waals surface area contributed by atoms with E-state index in [0.29, 0.717) is 12.2 Å². The highest BCUT2D eigenvalue weighted by Crippen LogP contribution is 2.43. The highest BCUT2D eigenvalue weighted by Gasteiger charge is 2.31. The lowest BCUT2D eigenvalue weighted by atomic mass is 9.73. The number of phenolic OH excluding ortho intramolecular Hbond substituents is 1. The molecule has 0 radical (unpaired) electrons. The minimum atomic E-state index is -0.225. The predicted molar refractivity (Wildman–Crippen MR) is 133 cm³/mol. The van der Waals surface area contributed by atoms with E-state index in [1.807, 2.05) is 36.4 Å². The molecule has 0 bridgehead atoms. The normalized spacial score (nSPS) is 14.1. The molecule has 0 heterocycles. The van der Waals surface area contributed by atoms with E-state index in [-0.39, 0.29) is 22.7 Å². The third-order valence-electron chi connectivity index (χ3n) is 6.18. The van der Waals surface area contributed by atoms with Gasteiger partial charge in [0.25, 0.3) is 0 Å². The molecule has 2 atom stereocenters. The molecule has 0 fully saturated rings. The molecular formula is C30H36O2. The minimum absolute atomic E-state index is 0.100. The highest BCUT2D eigenvalue weighted by molar-refractivity contribution is 5.61. The van der Waals surface area contributed by atoms with E-state index in [1.54, 1.807) is 0 Å². The molecule has 0 saturated heterocycles. The number of phenols is 1. The quantitative estimate of drug-likeness (QED) is 0.422. The lowest BCUT2D eigenvalue weighted by Gasteiger charge is -2.31. The number of carbonyl (C=O) groups is 1. The monoisotopic (exact) mass is 428 g/mol. The van der Waals surface area contributed by atoms with Crippen LogP contribution >= 0.6 is 0 Å². The van der Waals surface area contributed by atoms with Crippen molar-refractivity contribution < 1.29 is 9.90 Å². The topological polar surface area (TPSA) is 37.3 Å². The zero-order chi connectivity index (χ0) is 23.5. The van der Waals surface area contributed by atoms with Crippen molar-refractivity contribution >= 4 is 6.29 Å². The van der Waals surface area contributed by atoms with Crippen LogP contribution in [0.15, 0.2) is 72.8 Å². The molecule has 168 valence electrons. The number of carbonyl (C=O) groups excluding carboxylic acids is 1. The van der Waals surface area contributed by atoms with Gasteiger partial charge in [0.1, 0.15) is 12.0 Å². The maximum absolute atomic E-state index is 12.5. The van der Waals surface area contributed by atoms with Crippen molar-refractivity contribution in [1.29, 1.82) is 0 Å². The summed E-state index contributed by atoms with van der Waals surface area (Å²) in [7, 11) is 0. The first-order valence-electron chi connectivity index (χ1n) is 11.4. The van der Waals surface area contributed by atoms with Crippen LogP contribution < -0.4 is 0 Å². The number of hydrogen-bond donors (Lipinski definition) is 1. The molecule has 0 saturated carbocycles. The summed E-state index contributed by atoms with van der Waals surface area (Å²) in [6.07, 6.45) is 1.77. The van der Waals surface area contributed by atoms with Crippen LogP contribution in [0.2, 0.25) is 0 Å². The molecule has 0 spiro atoms. The third-order valence-corrected chi connectivity index (χ3v) is 6.18. The summed E-state index contributed by atoms with van der Waals surface area (Å²) in [6.45, 7) is 12.7. The van der Waals surface area contributed by atoms with Crippen molar-refractivity contribution in [3.05, 3.63) is 101 Å². The van der Waals surface area contributed by atoms with Gasteiger partial charge in [0.15, 0.2) is 0 Å². The fraction of sp³-hybridized carbons (Fsp3) is 0.367. The van der Waals surface area contributed by atoms with Gasteiger partial charge in [-0.25, -0.2) is 0 Å². The zero-order valence-corrected chi connectivity index (χ0v) is 20.2. The molecule has 0 aliphatic carbocycles. The average molecular weight is 429 g/mol. The van der Waals surface area contributed by atoms with Gasteiger partial charge >= 0.3 is 0 Å². The van der Waals surface area contributed by atoms with Crippen LogP contribution in [0, 0.1) is 5.92 Å². The first kappa shape index (κ1) is 23.8. The van der Waals surface area contributed by atoms with Crippen molar-refractivity contribution in [3.8, 4) is 5.75 Å². The Labute approximate surface area is 193 Å². The number of hydrogen-bond acceptors (Lipinski definition) is 2. The Balaban J connectivity index is 2.24. The summed E-state index contributed by atoms with van der Waals surface area (Å²) in [5, 5.41) is 11.2. The van der Waals surface area contributed by atoms with Gasteiger partial charge in [-0.1, -0.05) is 114 Å². The van der Waals surface area contributed by atoms with Crippen molar-refractivity contribution in [2.24, 2.45) is 5.92 Å². The van der Waals surface area contributed by atoms with E-state index < -0.39 is 0 Å².